The van der Waals surface area contributed by atoms with Gasteiger partial charge in [0.05, 0.1) is 6.10 Å². The van der Waals surface area contributed by atoms with Crippen molar-refractivity contribution in [3.63, 3.8) is 0 Å². The highest BCUT2D eigenvalue weighted by Gasteiger charge is 2.27. The lowest BCUT2D eigenvalue weighted by Crippen LogP contribution is -2.20. The Morgan fingerprint density at radius 2 is 1.40 bits per heavy atom. The molecule has 0 fully saturated rings. The quantitative estimate of drug-likeness (QED) is 0.829. The molecule has 0 spiro atoms. The highest BCUT2D eigenvalue weighted by Crippen LogP contribution is 2.44. The smallest absolute Gasteiger partial charge is 0.143 e. The van der Waals surface area contributed by atoms with E-state index in [1.807, 2.05) is 67.6 Å². The SMILES string of the molecule is CCC(O)CCP(=O)(c1ccccc1)c1ccccc1. The van der Waals surface area contributed by atoms with Gasteiger partial charge < -0.3 is 9.67 Å². The van der Waals surface area contributed by atoms with E-state index in [-0.39, 0.29) is 6.10 Å². The Balaban J connectivity index is 2.37. The lowest BCUT2D eigenvalue weighted by molar-refractivity contribution is 0.167. The predicted molar refractivity (Wildman–Crippen MR) is 85.5 cm³/mol. The molecule has 1 N–H and O–H groups in total. The normalized spacial score (nSPS) is 13.1. The summed E-state index contributed by atoms with van der Waals surface area (Å²) in [6, 6.07) is 19.2. The average molecular weight is 288 g/mol. The molecular weight excluding hydrogens is 267 g/mol. The Kier molecular flexibility index (Phi) is 5.17. The Bertz CT molecular complexity index is 523. The van der Waals surface area contributed by atoms with E-state index in [1.165, 1.54) is 0 Å². The summed E-state index contributed by atoms with van der Waals surface area (Å²) in [5.74, 6) is 0. The van der Waals surface area contributed by atoms with Crippen LogP contribution in [0.15, 0.2) is 60.7 Å². The van der Waals surface area contributed by atoms with Gasteiger partial charge in [-0.15, -0.1) is 0 Å². The Morgan fingerprint density at radius 3 is 1.80 bits per heavy atom. The zero-order valence-corrected chi connectivity index (χ0v) is 12.7. The van der Waals surface area contributed by atoms with Crippen molar-refractivity contribution in [1.82, 2.24) is 0 Å². The monoisotopic (exact) mass is 288 g/mol. The molecule has 2 rings (SSSR count). The van der Waals surface area contributed by atoms with Crippen LogP contribution in [0.5, 0.6) is 0 Å². The maximum atomic E-state index is 13.5. The molecule has 3 heteroatoms. The fourth-order valence-electron chi connectivity index (χ4n) is 2.28. The fraction of sp³-hybridized carbons (Fsp3) is 0.294. The van der Waals surface area contributed by atoms with E-state index in [4.69, 9.17) is 0 Å². The van der Waals surface area contributed by atoms with Crippen LogP contribution in [0, 0.1) is 0 Å². The van der Waals surface area contributed by atoms with Crippen molar-refractivity contribution < 1.29 is 9.67 Å². The van der Waals surface area contributed by atoms with Crippen LogP contribution in [0.2, 0.25) is 0 Å². The molecule has 1 unspecified atom stereocenters. The first-order chi connectivity index (χ1) is 9.66. The minimum atomic E-state index is -2.65. The summed E-state index contributed by atoms with van der Waals surface area (Å²) in [6.45, 7) is 1.95. The van der Waals surface area contributed by atoms with Crippen LogP contribution in [0.25, 0.3) is 0 Å². The maximum absolute atomic E-state index is 13.5. The Hall–Kier alpha value is -1.37. The van der Waals surface area contributed by atoms with Crippen molar-refractivity contribution in [2.75, 3.05) is 6.16 Å². The summed E-state index contributed by atoms with van der Waals surface area (Å²) in [7, 11) is -2.65. The molecular formula is C17H21O2P. The molecule has 2 aromatic rings. The van der Waals surface area contributed by atoms with Gasteiger partial charge in [0.1, 0.15) is 7.14 Å². The van der Waals surface area contributed by atoms with Crippen molar-refractivity contribution in [2.45, 2.75) is 25.9 Å². The van der Waals surface area contributed by atoms with Crippen LogP contribution >= 0.6 is 7.14 Å². The van der Waals surface area contributed by atoms with Crippen LogP contribution in [-0.4, -0.2) is 17.4 Å². The van der Waals surface area contributed by atoms with Crippen molar-refractivity contribution in [3.8, 4) is 0 Å². The zero-order chi connectivity index (χ0) is 14.4. The van der Waals surface area contributed by atoms with Gasteiger partial charge in [-0.3, -0.25) is 0 Å². The third-order valence-corrected chi connectivity index (χ3v) is 6.75. The van der Waals surface area contributed by atoms with E-state index < -0.39 is 7.14 Å². The zero-order valence-electron chi connectivity index (χ0n) is 11.8. The number of aliphatic hydroxyl groups excluding tert-OH is 1. The number of hydrogen-bond donors (Lipinski definition) is 1. The number of rotatable bonds is 6. The molecule has 0 amide bonds. The van der Waals surface area contributed by atoms with E-state index in [0.717, 1.165) is 10.6 Å². The van der Waals surface area contributed by atoms with E-state index in [0.29, 0.717) is 19.0 Å². The minimum absolute atomic E-state index is 0.379. The molecule has 0 radical (unpaired) electrons. The first-order valence-corrected chi connectivity index (χ1v) is 8.94. The summed E-state index contributed by atoms with van der Waals surface area (Å²) >= 11 is 0. The van der Waals surface area contributed by atoms with Crippen LogP contribution in [0.1, 0.15) is 19.8 Å². The lowest BCUT2D eigenvalue weighted by atomic mass is 10.2. The van der Waals surface area contributed by atoms with E-state index in [2.05, 4.69) is 0 Å². The average Bonchev–Trinajstić information content (AvgIpc) is 2.54. The van der Waals surface area contributed by atoms with E-state index >= 15 is 0 Å². The van der Waals surface area contributed by atoms with Gasteiger partial charge in [0.25, 0.3) is 0 Å². The largest absolute Gasteiger partial charge is 0.393 e. The van der Waals surface area contributed by atoms with Gasteiger partial charge in [-0.2, -0.15) is 0 Å². The van der Waals surface area contributed by atoms with Gasteiger partial charge in [-0.1, -0.05) is 67.6 Å². The topological polar surface area (TPSA) is 37.3 Å². The fourth-order valence-corrected chi connectivity index (χ4v) is 5.06. The molecule has 0 aliphatic heterocycles. The van der Waals surface area contributed by atoms with Crippen LogP contribution in [0.4, 0.5) is 0 Å². The minimum Gasteiger partial charge on any atom is -0.393 e. The Labute approximate surface area is 120 Å². The molecule has 106 valence electrons. The second-order valence-electron chi connectivity index (χ2n) is 4.99. The van der Waals surface area contributed by atoms with Crippen molar-refractivity contribution in [3.05, 3.63) is 60.7 Å². The van der Waals surface area contributed by atoms with Gasteiger partial charge >= 0.3 is 0 Å². The summed E-state index contributed by atoms with van der Waals surface area (Å²) in [5.41, 5.74) is 0. The molecule has 0 saturated heterocycles. The highest BCUT2D eigenvalue weighted by molar-refractivity contribution is 7.78. The lowest BCUT2D eigenvalue weighted by Gasteiger charge is -2.20. The summed E-state index contributed by atoms with van der Waals surface area (Å²) in [4.78, 5) is 0. The van der Waals surface area contributed by atoms with Crippen LogP contribution < -0.4 is 10.6 Å². The predicted octanol–water partition coefficient (Wildman–Crippen LogP) is 3.16. The first kappa shape index (κ1) is 15.0. The van der Waals surface area contributed by atoms with Crippen molar-refractivity contribution in [2.24, 2.45) is 0 Å². The number of aliphatic hydroxyl groups is 1. The molecule has 1 atom stereocenters. The van der Waals surface area contributed by atoms with Gasteiger partial charge in [0, 0.05) is 16.8 Å². The molecule has 0 aromatic heterocycles. The van der Waals surface area contributed by atoms with Crippen LogP contribution in [0.3, 0.4) is 0 Å². The molecule has 20 heavy (non-hydrogen) atoms. The first-order valence-electron chi connectivity index (χ1n) is 7.05. The van der Waals surface area contributed by atoms with Gasteiger partial charge in [0.2, 0.25) is 0 Å². The Morgan fingerprint density at radius 1 is 0.950 bits per heavy atom. The van der Waals surface area contributed by atoms with Crippen molar-refractivity contribution in [1.29, 1.82) is 0 Å². The summed E-state index contributed by atoms with van der Waals surface area (Å²) in [6.07, 6.45) is 1.40. The number of hydrogen-bond acceptors (Lipinski definition) is 2. The molecule has 0 saturated carbocycles. The molecule has 0 aliphatic rings. The number of benzene rings is 2. The third kappa shape index (κ3) is 3.39. The second-order valence-corrected chi connectivity index (χ2v) is 7.94. The standard InChI is InChI=1S/C17H21O2P/c1-2-15(18)13-14-20(19,16-9-5-3-6-10-16)17-11-7-4-8-12-17/h3-12,15,18H,2,13-14H2,1H3. The van der Waals surface area contributed by atoms with Crippen LogP contribution in [-0.2, 0) is 4.57 Å². The molecule has 0 bridgehead atoms. The van der Waals surface area contributed by atoms with Gasteiger partial charge in [-0.05, 0) is 12.8 Å². The summed E-state index contributed by atoms with van der Waals surface area (Å²) in [5, 5.41) is 11.5. The van der Waals surface area contributed by atoms with E-state index in [1.54, 1.807) is 0 Å². The van der Waals surface area contributed by atoms with Crippen molar-refractivity contribution >= 4 is 17.8 Å². The second kappa shape index (κ2) is 6.88. The maximum Gasteiger partial charge on any atom is 0.143 e. The molecule has 2 aromatic carbocycles. The molecule has 0 aliphatic carbocycles. The highest BCUT2D eigenvalue weighted by atomic mass is 31.2. The summed E-state index contributed by atoms with van der Waals surface area (Å²) < 4.78 is 13.5. The molecule has 2 nitrogen and oxygen atoms in total. The van der Waals surface area contributed by atoms with Gasteiger partial charge in [-0.25, -0.2) is 0 Å². The molecule has 0 heterocycles. The third-order valence-electron chi connectivity index (χ3n) is 3.60. The van der Waals surface area contributed by atoms with E-state index in [9.17, 15) is 9.67 Å². The van der Waals surface area contributed by atoms with Gasteiger partial charge in [0.15, 0.2) is 0 Å².